The van der Waals surface area contributed by atoms with Gasteiger partial charge in [0, 0.05) is 17.9 Å². The number of hydrogen-bond donors (Lipinski definition) is 2. The van der Waals surface area contributed by atoms with Crippen molar-refractivity contribution in [2.75, 3.05) is 4.72 Å². The van der Waals surface area contributed by atoms with E-state index in [1.807, 2.05) is 20.8 Å². The van der Waals surface area contributed by atoms with E-state index in [-0.39, 0.29) is 22.7 Å². The minimum absolute atomic E-state index is 0.0219. The molecule has 0 saturated carbocycles. The summed E-state index contributed by atoms with van der Waals surface area (Å²) in [6, 6.07) is 16.2. The molecule has 2 aromatic carbocycles. The number of amides is 1. The number of nitrogens with one attached hydrogen (secondary N) is 2. The highest BCUT2D eigenvalue weighted by atomic mass is 32.2. The van der Waals surface area contributed by atoms with Crippen LogP contribution in [0.25, 0.3) is 0 Å². The quantitative estimate of drug-likeness (QED) is 0.593. The maximum Gasteiger partial charge on any atom is 0.261 e. The third-order valence-corrected chi connectivity index (χ3v) is 5.49. The highest BCUT2D eigenvalue weighted by Crippen LogP contribution is 2.25. The van der Waals surface area contributed by atoms with E-state index in [2.05, 4.69) is 15.0 Å². The first-order valence-corrected chi connectivity index (χ1v) is 10.9. The second-order valence-corrected chi connectivity index (χ2v) is 8.71. The van der Waals surface area contributed by atoms with Gasteiger partial charge in [-0.2, -0.15) is 0 Å². The molecule has 3 rings (SSSR count). The van der Waals surface area contributed by atoms with E-state index in [1.165, 1.54) is 6.20 Å². The molecule has 0 fully saturated rings. The van der Waals surface area contributed by atoms with Crippen LogP contribution in [0.1, 0.15) is 29.8 Å². The first-order valence-electron chi connectivity index (χ1n) is 9.38. The Morgan fingerprint density at radius 2 is 1.67 bits per heavy atom. The van der Waals surface area contributed by atoms with Gasteiger partial charge in [-0.3, -0.25) is 9.52 Å². The number of sulfonamides is 1. The molecule has 156 valence electrons. The molecule has 8 heteroatoms. The molecule has 1 heterocycles. The Kier molecular flexibility index (Phi) is 6.37. The minimum Gasteiger partial charge on any atom is -0.438 e. The van der Waals surface area contributed by atoms with Crippen LogP contribution in [0.2, 0.25) is 0 Å². The fraction of sp³-hybridized carbons (Fsp3) is 0.182. The van der Waals surface area contributed by atoms with Gasteiger partial charge in [-0.25, -0.2) is 13.4 Å². The van der Waals surface area contributed by atoms with Crippen LogP contribution in [0, 0.1) is 6.92 Å². The van der Waals surface area contributed by atoms with E-state index in [0.717, 1.165) is 5.56 Å². The Morgan fingerprint density at radius 3 is 2.30 bits per heavy atom. The lowest BCUT2D eigenvalue weighted by Crippen LogP contribution is -2.30. The summed E-state index contributed by atoms with van der Waals surface area (Å²) in [5.74, 6) is 0.310. The molecule has 3 aromatic rings. The van der Waals surface area contributed by atoms with Crippen molar-refractivity contribution < 1.29 is 17.9 Å². The maximum absolute atomic E-state index is 12.5. The van der Waals surface area contributed by atoms with Gasteiger partial charge in [0.1, 0.15) is 11.3 Å². The zero-order valence-corrected chi connectivity index (χ0v) is 17.7. The van der Waals surface area contributed by atoms with E-state index in [9.17, 15) is 13.2 Å². The average molecular weight is 426 g/mol. The van der Waals surface area contributed by atoms with Crippen molar-refractivity contribution in [2.24, 2.45) is 0 Å². The lowest BCUT2D eigenvalue weighted by molar-refractivity contribution is 0.0940. The first kappa shape index (κ1) is 21.3. The molecule has 30 heavy (non-hydrogen) atoms. The predicted octanol–water partition coefficient (Wildman–Crippen LogP) is 4.12. The largest absolute Gasteiger partial charge is 0.438 e. The van der Waals surface area contributed by atoms with Crippen molar-refractivity contribution >= 4 is 21.6 Å². The number of pyridine rings is 1. The maximum atomic E-state index is 12.5. The summed E-state index contributed by atoms with van der Waals surface area (Å²) in [4.78, 5) is 16.6. The number of carbonyl (C=O) groups is 1. The third kappa shape index (κ3) is 5.36. The number of aryl methyl sites for hydroxylation is 1. The van der Waals surface area contributed by atoms with Crippen LogP contribution < -0.4 is 14.8 Å². The molecule has 0 saturated heterocycles. The topological polar surface area (TPSA) is 97.4 Å². The molecule has 1 aromatic heterocycles. The molecule has 0 spiro atoms. The summed E-state index contributed by atoms with van der Waals surface area (Å²) in [7, 11) is -3.69. The number of hydrogen-bond acceptors (Lipinski definition) is 5. The number of anilines is 1. The molecule has 0 bridgehead atoms. The summed E-state index contributed by atoms with van der Waals surface area (Å²) in [5.41, 5.74) is 1.68. The molecule has 7 nitrogen and oxygen atoms in total. The third-order valence-electron chi connectivity index (χ3n) is 4.09. The SMILES string of the molecule is Cc1ccc(S(=O)(=O)Nc2ccc(Oc3ncccc3C(=O)NC(C)C)cc2)cc1. The van der Waals surface area contributed by atoms with E-state index < -0.39 is 10.0 Å². The average Bonchev–Trinajstić information content (AvgIpc) is 2.69. The van der Waals surface area contributed by atoms with Gasteiger partial charge in [-0.05, 0) is 69.3 Å². The number of nitrogens with zero attached hydrogens (tertiary/aromatic N) is 1. The molecule has 0 aliphatic carbocycles. The smallest absolute Gasteiger partial charge is 0.261 e. The Labute approximate surface area is 176 Å². The highest BCUT2D eigenvalue weighted by molar-refractivity contribution is 7.92. The van der Waals surface area contributed by atoms with Gasteiger partial charge in [0.2, 0.25) is 5.88 Å². The van der Waals surface area contributed by atoms with Crippen molar-refractivity contribution in [1.82, 2.24) is 10.3 Å². The summed E-state index contributed by atoms with van der Waals surface area (Å²) < 4.78 is 33.3. The van der Waals surface area contributed by atoms with Crippen LogP contribution in [0.3, 0.4) is 0 Å². The zero-order chi connectivity index (χ0) is 21.7. The van der Waals surface area contributed by atoms with Crippen molar-refractivity contribution in [1.29, 1.82) is 0 Å². The van der Waals surface area contributed by atoms with Gasteiger partial charge >= 0.3 is 0 Å². The standard InChI is InChI=1S/C22H23N3O4S/c1-15(2)24-21(26)20-5-4-14-23-22(20)29-18-10-8-17(9-11-18)25-30(27,28)19-12-6-16(3)7-13-19/h4-15,25H,1-3H3,(H,24,26). The molecule has 1 amide bonds. The Bertz CT molecular complexity index is 1130. The number of rotatable bonds is 7. The summed E-state index contributed by atoms with van der Waals surface area (Å²) in [6.45, 7) is 5.62. The molecule has 0 unspecified atom stereocenters. The number of aromatic nitrogens is 1. The van der Waals surface area contributed by atoms with Gasteiger partial charge in [-0.15, -0.1) is 0 Å². The van der Waals surface area contributed by atoms with Gasteiger partial charge in [0.15, 0.2) is 0 Å². The summed E-state index contributed by atoms with van der Waals surface area (Å²) in [5, 5.41) is 2.80. The second kappa shape index (κ2) is 8.96. The van der Waals surface area contributed by atoms with E-state index >= 15 is 0 Å². The minimum atomic E-state index is -3.69. The first-order chi connectivity index (χ1) is 14.2. The Balaban J connectivity index is 1.74. The van der Waals surface area contributed by atoms with Crippen LogP contribution in [0.15, 0.2) is 71.8 Å². The molecule has 0 radical (unpaired) electrons. The lowest BCUT2D eigenvalue weighted by Gasteiger charge is -2.13. The zero-order valence-electron chi connectivity index (χ0n) is 16.9. The van der Waals surface area contributed by atoms with Crippen LogP contribution in [0.4, 0.5) is 5.69 Å². The van der Waals surface area contributed by atoms with Gasteiger partial charge in [-0.1, -0.05) is 17.7 Å². The molecule has 0 atom stereocenters. The highest BCUT2D eigenvalue weighted by Gasteiger charge is 2.16. The van der Waals surface area contributed by atoms with Gasteiger partial charge in [0.05, 0.1) is 4.90 Å². The van der Waals surface area contributed by atoms with Gasteiger partial charge < -0.3 is 10.1 Å². The summed E-state index contributed by atoms with van der Waals surface area (Å²) in [6.07, 6.45) is 1.53. The number of carbonyl (C=O) groups excluding carboxylic acids is 1. The molecular weight excluding hydrogens is 402 g/mol. The summed E-state index contributed by atoms with van der Waals surface area (Å²) >= 11 is 0. The van der Waals surface area contributed by atoms with Gasteiger partial charge in [0.25, 0.3) is 15.9 Å². The van der Waals surface area contributed by atoms with Crippen LogP contribution >= 0.6 is 0 Å². The Hall–Kier alpha value is -3.39. The monoisotopic (exact) mass is 425 g/mol. The molecular formula is C22H23N3O4S. The number of ether oxygens (including phenoxy) is 1. The van der Waals surface area contributed by atoms with E-state index in [4.69, 9.17) is 4.74 Å². The van der Waals surface area contributed by atoms with E-state index in [0.29, 0.717) is 17.0 Å². The second-order valence-electron chi connectivity index (χ2n) is 7.03. The fourth-order valence-electron chi connectivity index (χ4n) is 2.62. The van der Waals surface area contributed by atoms with Crippen LogP contribution in [-0.4, -0.2) is 25.4 Å². The van der Waals surface area contributed by atoms with Crippen molar-refractivity contribution in [2.45, 2.75) is 31.7 Å². The normalized spacial score (nSPS) is 11.2. The van der Waals surface area contributed by atoms with E-state index in [1.54, 1.807) is 60.7 Å². The fourth-order valence-corrected chi connectivity index (χ4v) is 3.68. The van der Waals surface area contributed by atoms with Crippen molar-refractivity contribution in [3.05, 3.63) is 78.0 Å². The lowest BCUT2D eigenvalue weighted by atomic mass is 10.2. The molecule has 0 aliphatic heterocycles. The van der Waals surface area contributed by atoms with Crippen molar-refractivity contribution in [3.63, 3.8) is 0 Å². The molecule has 2 N–H and O–H groups in total. The predicted molar refractivity (Wildman–Crippen MR) is 115 cm³/mol. The van der Waals surface area contributed by atoms with Crippen LogP contribution in [0.5, 0.6) is 11.6 Å². The van der Waals surface area contributed by atoms with Crippen molar-refractivity contribution in [3.8, 4) is 11.6 Å². The number of benzene rings is 2. The van der Waals surface area contributed by atoms with Crippen LogP contribution in [-0.2, 0) is 10.0 Å². The molecule has 0 aliphatic rings. The Morgan fingerprint density at radius 1 is 1.00 bits per heavy atom.